The van der Waals surface area contributed by atoms with Crippen molar-refractivity contribution in [2.75, 3.05) is 5.32 Å². The number of aryl methyl sites for hydroxylation is 2. The molecule has 4 aromatic rings. The smallest absolute Gasteiger partial charge is 0.437 e. The van der Waals surface area contributed by atoms with Crippen molar-refractivity contribution in [3.63, 3.8) is 0 Å². The minimum atomic E-state index is -0.841. The lowest BCUT2D eigenvalue weighted by Gasteiger charge is -2.08. The van der Waals surface area contributed by atoms with Crippen LogP contribution in [0.4, 0.5) is 10.1 Å². The monoisotopic (exact) mass is 496 g/mol. The van der Waals surface area contributed by atoms with Crippen LogP contribution in [0.5, 0.6) is 0 Å². The number of halogens is 1. The number of anilines is 1. The second kappa shape index (κ2) is 10.4. The van der Waals surface area contributed by atoms with Crippen LogP contribution in [-0.4, -0.2) is 26.6 Å². The summed E-state index contributed by atoms with van der Waals surface area (Å²) in [6, 6.07) is 11.1. The average molecular weight is 497 g/mol. The second-order valence-corrected chi connectivity index (χ2v) is 8.72. The van der Waals surface area contributed by atoms with Gasteiger partial charge >= 0.3 is 11.7 Å². The molecule has 0 fully saturated rings. The number of rotatable bonds is 8. The zero-order valence-electron chi connectivity index (χ0n) is 18.9. The van der Waals surface area contributed by atoms with Gasteiger partial charge in [-0.3, -0.25) is 9.59 Å². The third-order valence-corrected chi connectivity index (χ3v) is 5.83. The zero-order chi connectivity index (χ0) is 24.9. The Morgan fingerprint density at radius 1 is 1.17 bits per heavy atom. The standard InChI is InChI=1S/C24H21FN4O5S/c1-14-3-4-15(2)19(9-14)27-20(30)10-21-26-18(13-35-21)12-33-22(31)11-29-24(32)34-23(28-29)16-5-7-17(25)8-6-16/h3-9,13H,10-12H2,1-2H3,(H,27,30). The summed E-state index contributed by atoms with van der Waals surface area (Å²) >= 11 is 1.28. The fraction of sp³-hybridized carbons (Fsp3) is 0.208. The van der Waals surface area contributed by atoms with E-state index >= 15 is 0 Å². The Labute approximate surface area is 203 Å². The van der Waals surface area contributed by atoms with E-state index in [0.29, 0.717) is 16.3 Å². The Balaban J connectivity index is 1.29. The van der Waals surface area contributed by atoms with Crippen LogP contribution in [-0.2, 0) is 33.9 Å². The summed E-state index contributed by atoms with van der Waals surface area (Å²) in [6.45, 7) is 3.29. The highest BCUT2D eigenvalue weighted by atomic mass is 32.1. The van der Waals surface area contributed by atoms with E-state index in [1.807, 2.05) is 32.0 Å². The van der Waals surface area contributed by atoms with E-state index in [1.54, 1.807) is 5.38 Å². The molecule has 1 amide bonds. The number of thiazole rings is 1. The molecule has 35 heavy (non-hydrogen) atoms. The lowest BCUT2D eigenvalue weighted by molar-refractivity contribution is -0.146. The van der Waals surface area contributed by atoms with Gasteiger partial charge in [0.05, 0.1) is 12.1 Å². The SMILES string of the molecule is Cc1ccc(C)c(NC(=O)Cc2nc(COC(=O)Cn3nc(-c4ccc(F)cc4)oc3=O)cs2)c1. The van der Waals surface area contributed by atoms with Gasteiger partial charge in [0, 0.05) is 16.6 Å². The van der Waals surface area contributed by atoms with Gasteiger partial charge in [0.15, 0.2) is 0 Å². The number of carbonyl (C=O) groups is 2. The summed E-state index contributed by atoms with van der Waals surface area (Å²) in [7, 11) is 0. The van der Waals surface area contributed by atoms with Crippen LogP contribution in [0, 0.1) is 19.7 Å². The number of ether oxygens (including phenoxy) is 1. The molecule has 11 heteroatoms. The van der Waals surface area contributed by atoms with Gasteiger partial charge in [-0.05, 0) is 55.3 Å². The fourth-order valence-electron chi connectivity index (χ4n) is 3.14. The number of nitrogens with one attached hydrogen (secondary N) is 1. The van der Waals surface area contributed by atoms with Crippen molar-refractivity contribution >= 4 is 28.9 Å². The second-order valence-electron chi connectivity index (χ2n) is 7.77. The van der Waals surface area contributed by atoms with Gasteiger partial charge in [-0.15, -0.1) is 16.4 Å². The van der Waals surface area contributed by atoms with Crippen LogP contribution in [0.1, 0.15) is 21.8 Å². The summed E-state index contributed by atoms with van der Waals surface area (Å²) in [5, 5.41) is 9.10. The molecule has 2 heterocycles. The molecule has 0 bridgehead atoms. The van der Waals surface area contributed by atoms with Gasteiger partial charge in [-0.1, -0.05) is 12.1 Å². The molecule has 0 radical (unpaired) electrons. The van der Waals surface area contributed by atoms with Gasteiger partial charge in [0.1, 0.15) is 24.0 Å². The van der Waals surface area contributed by atoms with Gasteiger partial charge < -0.3 is 14.5 Å². The molecule has 4 rings (SSSR count). The Hall–Kier alpha value is -4.12. The third-order valence-electron chi connectivity index (χ3n) is 4.94. The molecule has 0 unspecified atom stereocenters. The first-order chi connectivity index (χ1) is 16.8. The predicted molar refractivity (Wildman–Crippen MR) is 126 cm³/mol. The first-order valence-corrected chi connectivity index (χ1v) is 11.4. The molecule has 0 aliphatic heterocycles. The maximum absolute atomic E-state index is 13.1. The average Bonchev–Trinajstić information content (AvgIpc) is 3.41. The van der Waals surface area contributed by atoms with Crippen LogP contribution in [0.3, 0.4) is 0 Å². The summed E-state index contributed by atoms with van der Waals surface area (Å²) in [6.07, 6.45) is 0.0898. The van der Waals surface area contributed by atoms with Crippen LogP contribution in [0.2, 0.25) is 0 Å². The normalized spacial score (nSPS) is 10.8. The highest BCUT2D eigenvalue weighted by Crippen LogP contribution is 2.18. The van der Waals surface area contributed by atoms with Crippen molar-refractivity contribution in [1.29, 1.82) is 0 Å². The number of aromatic nitrogens is 3. The molecule has 0 spiro atoms. The van der Waals surface area contributed by atoms with E-state index in [1.165, 1.54) is 35.6 Å². The van der Waals surface area contributed by atoms with Crippen molar-refractivity contribution in [3.05, 3.63) is 86.0 Å². The molecular weight excluding hydrogens is 475 g/mol. The van der Waals surface area contributed by atoms with Crippen molar-refractivity contribution in [3.8, 4) is 11.5 Å². The number of hydrogen-bond donors (Lipinski definition) is 1. The molecule has 0 saturated heterocycles. The molecule has 0 aliphatic carbocycles. The molecule has 2 aromatic heterocycles. The number of carbonyl (C=O) groups excluding carboxylic acids is 2. The summed E-state index contributed by atoms with van der Waals surface area (Å²) < 4.78 is 24.1. The quantitative estimate of drug-likeness (QED) is 0.370. The van der Waals surface area contributed by atoms with Crippen molar-refractivity contribution in [2.45, 2.75) is 33.4 Å². The molecule has 1 N–H and O–H groups in total. The molecule has 9 nitrogen and oxygen atoms in total. The van der Waals surface area contributed by atoms with Gasteiger partial charge in [0.2, 0.25) is 11.8 Å². The minimum absolute atomic E-state index is 0.0360. The number of amides is 1. The zero-order valence-corrected chi connectivity index (χ0v) is 19.7. The maximum Gasteiger partial charge on any atom is 0.437 e. The summed E-state index contributed by atoms with van der Waals surface area (Å²) in [5.41, 5.74) is 3.64. The Morgan fingerprint density at radius 2 is 1.94 bits per heavy atom. The van der Waals surface area contributed by atoms with Crippen molar-refractivity contribution in [2.24, 2.45) is 0 Å². The summed E-state index contributed by atoms with van der Waals surface area (Å²) in [4.78, 5) is 40.9. The highest BCUT2D eigenvalue weighted by molar-refractivity contribution is 7.09. The molecule has 0 aliphatic rings. The van der Waals surface area contributed by atoms with Crippen molar-refractivity contribution < 1.29 is 23.1 Å². The lowest BCUT2D eigenvalue weighted by Crippen LogP contribution is -2.23. The molecule has 180 valence electrons. The third kappa shape index (κ3) is 6.27. The maximum atomic E-state index is 13.1. The van der Waals surface area contributed by atoms with Crippen LogP contribution >= 0.6 is 11.3 Å². The van der Waals surface area contributed by atoms with Gasteiger partial charge in [0.25, 0.3) is 0 Å². The lowest BCUT2D eigenvalue weighted by atomic mass is 10.1. The van der Waals surface area contributed by atoms with Crippen LogP contribution in [0.15, 0.2) is 57.1 Å². The topological polar surface area (TPSA) is 116 Å². The Kier molecular flexibility index (Phi) is 7.16. The highest BCUT2D eigenvalue weighted by Gasteiger charge is 2.15. The van der Waals surface area contributed by atoms with E-state index in [-0.39, 0.29) is 24.8 Å². The van der Waals surface area contributed by atoms with Gasteiger partial charge in [-0.2, -0.15) is 4.68 Å². The van der Waals surface area contributed by atoms with E-state index in [9.17, 15) is 18.8 Å². The number of benzene rings is 2. The Bertz CT molecular complexity index is 1420. The van der Waals surface area contributed by atoms with Gasteiger partial charge in [-0.25, -0.2) is 14.2 Å². The largest absolute Gasteiger partial charge is 0.458 e. The first-order valence-electron chi connectivity index (χ1n) is 10.6. The molecular formula is C24H21FN4O5S. The number of esters is 1. The Morgan fingerprint density at radius 3 is 2.71 bits per heavy atom. The van der Waals surface area contributed by atoms with E-state index < -0.39 is 24.1 Å². The first kappa shape index (κ1) is 24.0. The molecule has 0 atom stereocenters. The van der Waals surface area contributed by atoms with Crippen LogP contribution in [0.25, 0.3) is 11.5 Å². The predicted octanol–water partition coefficient (Wildman–Crippen LogP) is 3.64. The van der Waals surface area contributed by atoms with E-state index in [4.69, 9.17) is 9.15 Å². The molecule has 0 saturated carbocycles. The molecule has 2 aromatic carbocycles. The number of nitrogens with zero attached hydrogens (tertiary/aromatic N) is 3. The fourth-order valence-corrected chi connectivity index (χ4v) is 3.91. The summed E-state index contributed by atoms with van der Waals surface area (Å²) in [5.74, 6) is -2.23. The van der Waals surface area contributed by atoms with Crippen molar-refractivity contribution in [1.82, 2.24) is 14.8 Å². The van der Waals surface area contributed by atoms with Crippen LogP contribution < -0.4 is 11.1 Å². The van der Waals surface area contributed by atoms with E-state index in [2.05, 4.69) is 15.4 Å². The van der Waals surface area contributed by atoms with E-state index in [0.717, 1.165) is 21.5 Å². The number of hydrogen-bond acceptors (Lipinski definition) is 8. The minimum Gasteiger partial charge on any atom is -0.458 e.